The molecular formula is C12H8N2O6S. The van der Waals surface area contributed by atoms with Gasteiger partial charge in [0.15, 0.2) is 0 Å². The minimum atomic E-state index is -0.746. The number of methoxy groups -OCH3 is 1. The molecule has 1 fully saturated rings. The molecule has 0 spiro atoms. The van der Waals surface area contributed by atoms with Gasteiger partial charge in [-0.05, 0) is 23.9 Å². The van der Waals surface area contributed by atoms with Crippen molar-refractivity contribution in [3.8, 4) is 0 Å². The number of hydrogen-bond donors (Lipinski definition) is 0. The molecule has 0 saturated carbocycles. The van der Waals surface area contributed by atoms with Gasteiger partial charge in [0, 0.05) is 18.2 Å². The second kappa shape index (κ2) is 5.75. The van der Waals surface area contributed by atoms with E-state index >= 15 is 0 Å². The molecule has 0 N–H and O–H groups in total. The van der Waals surface area contributed by atoms with E-state index in [4.69, 9.17) is 0 Å². The van der Waals surface area contributed by atoms with Crippen LogP contribution in [0.4, 0.5) is 16.2 Å². The number of carbonyl (C=O) groups excluding carboxylic acids is 3. The van der Waals surface area contributed by atoms with Crippen LogP contribution in [0, 0.1) is 10.1 Å². The van der Waals surface area contributed by atoms with Crippen LogP contribution in [0.25, 0.3) is 0 Å². The topological polar surface area (TPSA) is 107 Å². The molecule has 9 heteroatoms. The van der Waals surface area contributed by atoms with Crippen molar-refractivity contribution < 1.29 is 24.0 Å². The molecule has 1 saturated heterocycles. The number of rotatable bonds is 3. The Labute approximate surface area is 122 Å². The van der Waals surface area contributed by atoms with Gasteiger partial charge in [0.05, 0.1) is 22.6 Å². The number of thioether (sulfide) groups is 1. The van der Waals surface area contributed by atoms with Crippen molar-refractivity contribution in [2.24, 2.45) is 0 Å². The Morgan fingerprint density at radius 2 is 1.95 bits per heavy atom. The molecule has 2 rings (SSSR count). The quantitative estimate of drug-likeness (QED) is 0.363. The number of ether oxygens (including phenoxy) is 1. The minimum Gasteiger partial charge on any atom is -0.466 e. The molecule has 0 radical (unpaired) electrons. The summed E-state index contributed by atoms with van der Waals surface area (Å²) in [7, 11) is 1.15. The van der Waals surface area contributed by atoms with Crippen LogP contribution in [0.1, 0.15) is 0 Å². The SMILES string of the molecule is COC(=O)C=C1SC(=O)N(c2ccc([N+](=O)[O-])cc2)C1=O. The summed E-state index contributed by atoms with van der Waals surface area (Å²) in [4.78, 5) is 45.7. The van der Waals surface area contributed by atoms with E-state index in [-0.39, 0.29) is 16.3 Å². The lowest BCUT2D eigenvalue weighted by Gasteiger charge is -2.11. The first-order valence-corrected chi connectivity index (χ1v) is 6.36. The van der Waals surface area contributed by atoms with Gasteiger partial charge >= 0.3 is 5.97 Å². The van der Waals surface area contributed by atoms with E-state index in [1.165, 1.54) is 24.3 Å². The Morgan fingerprint density at radius 1 is 1.33 bits per heavy atom. The summed E-state index contributed by atoms with van der Waals surface area (Å²) in [5.41, 5.74) is 0.0344. The standard InChI is InChI=1S/C12H8N2O6S/c1-20-10(15)6-9-11(16)13(12(17)21-9)7-2-4-8(5-3-7)14(18)19/h2-6H,1H3. The summed E-state index contributed by atoms with van der Waals surface area (Å²) in [5, 5.41) is 9.97. The number of nitro benzene ring substituents is 1. The lowest BCUT2D eigenvalue weighted by Crippen LogP contribution is -2.27. The third kappa shape index (κ3) is 2.92. The lowest BCUT2D eigenvalue weighted by atomic mass is 10.2. The number of esters is 1. The molecule has 0 aliphatic carbocycles. The van der Waals surface area contributed by atoms with Crippen LogP contribution in [-0.2, 0) is 14.3 Å². The highest BCUT2D eigenvalue weighted by molar-refractivity contribution is 8.18. The van der Waals surface area contributed by atoms with Crippen LogP contribution in [0.15, 0.2) is 35.2 Å². The van der Waals surface area contributed by atoms with Gasteiger partial charge in [-0.3, -0.25) is 19.7 Å². The van der Waals surface area contributed by atoms with Crippen molar-refractivity contribution in [1.82, 2.24) is 0 Å². The smallest absolute Gasteiger partial charge is 0.331 e. The summed E-state index contributed by atoms with van der Waals surface area (Å²) in [6, 6.07) is 4.94. The van der Waals surface area contributed by atoms with E-state index in [1.807, 2.05) is 0 Å². The molecule has 2 amide bonds. The molecule has 1 aliphatic heterocycles. The molecule has 1 heterocycles. The zero-order valence-corrected chi connectivity index (χ0v) is 11.5. The predicted molar refractivity (Wildman–Crippen MR) is 73.7 cm³/mol. The Balaban J connectivity index is 2.30. The van der Waals surface area contributed by atoms with E-state index in [1.54, 1.807) is 0 Å². The van der Waals surface area contributed by atoms with Crippen molar-refractivity contribution >= 4 is 40.3 Å². The van der Waals surface area contributed by atoms with Crippen LogP contribution < -0.4 is 4.90 Å². The Hall–Kier alpha value is -2.68. The van der Waals surface area contributed by atoms with E-state index in [9.17, 15) is 24.5 Å². The zero-order chi connectivity index (χ0) is 15.6. The van der Waals surface area contributed by atoms with Gasteiger partial charge in [-0.15, -0.1) is 0 Å². The molecule has 1 aliphatic rings. The number of nitro groups is 1. The molecule has 0 bridgehead atoms. The minimum absolute atomic E-state index is 0.0646. The van der Waals surface area contributed by atoms with Crippen molar-refractivity contribution in [2.45, 2.75) is 0 Å². The maximum Gasteiger partial charge on any atom is 0.331 e. The molecule has 0 atom stereocenters. The fourth-order valence-corrected chi connectivity index (χ4v) is 2.38. The Kier molecular flexibility index (Phi) is 4.03. The first kappa shape index (κ1) is 14.7. The van der Waals surface area contributed by atoms with Crippen LogP contribution in [0.3, 0.4) is 0 Å². The van der Waals surface area contributed by atoms with Gasteiger partial charge in [0.2, 0.25) is 0 Å². The van der Waals surface area contributed by atoms with Crippen LogP contribution in [0.5, 0.6) is 0 Å². The zero-order valence-electron chi connectivity index (χ0n) is 10.6. The number of amides is 2. The third-order valence-electron chi connectivity index (χ3n) is 2.56. The van der Waals surface area contributed by atoms with Gasteiger partial charge in [0.25, 0.3) is 16.8 Å². The van der Waals surface area contributed by atoms with Crippen molar-refractivity contribution in [2.75, 3.05) is 12.0 Å². The highest BCUT2D eigenvalue weighted by Crippen LogP contribution is 2.34. The maximum absolute atomic E-state index is 12.1. The highest BCUT2D eigenvalue weighted by atomic mass is 32.2. The molecule has 21 heavy (non-hydrogen) atoms. The number of hydrogen-bond acceptors (Lipinski definition) is 7. The number of nitrogens with zero attached hydrogens (tertiary/aromatic N) is 2. The number of carbonyl (C=O) groups is 3. The summed E-state index contributed by atoms with van der Waals surface area (Å²) < 4.78 is 4.39. The van der Waals surface area contributed by atoms with Gasteiger partial charge in [0.1, 0.15) is 0 Å². The van der Waals surface area contributed by atoms with Gasteiger partial charge in [-0.25, -0.2) is 9.69 Å². The van der Waals surface area contributed by atoms with Crippen LogP contribution >= 0.6 is 11.8 Å². The first-order chi connectivity index (χ1) is 9.93. The normalized spacial score (nSPS) is 16.4. The van der Waals surface area contributed by atoms with Crippen molar-refractivity contribution in [1.29, 1.82) is 0 Å². The number of imide groups is 1. The Bertz CT molecular complexity index is 667. The van der Waals surface area contributed by atoms with Crippen molar-refractivity contribution in [3.63, 3.8) is 0 Å². The fourth-order valence-electron chi connectivity index (χ4n) is 1.58. The molecule has 0 aromatic heterocycles. The van der Waals surface area contributed by atoms with E-state index < -0.39 is 22.0 Å². The molecule has 8 nitrogen and oxygen atoms in total. The second-order valence-corrected chi connectivity index (χ2v) is 4.81. The highest BCUT2D eigenvalue weighted by Gasteiger charge is 2.37. The monoisotopic (exact) mass is 308 g/mol. The van der Waals surface area contributed by atoms with Gasteiger partial charge in [-0.2, -0.15) is 0 Å². The molecule has 108 valence electrons. The largest absolute Gasteiger partial charge is 0.466 e. The molecular weight excluding hydrogens is 300 g/mol. The van der Waals surface area contributed by atoms with Crippen molar-refractivity contribution in [3.05, 3.63) is 45.4 Å². The number of non-ortho nitro benzene ring substituents is 1. The Morgan fingerprint density at radius 3 is 2.48 bits per heavy atom. The summed E-state index contributed by atoms with van der Waals surface area (Å²) in [6.45, 7) is 0. The average Bonchev–Trinajstić information content (AvgIpc) is 2.73. The molecule has 0 unspecified atom stereocenters. The van der Waals surface area contributed by atoms with Gasteiger partial charge in [-0.1, -0.05) is 0 Å². The summed E-state index contributed by atoms with van der Waals surface area (Å²) in [6.07, 6.45) is 0.927. The number of benzene rings is 1. The maximum atomic E-state index is 12.1. The predicted octanol–water partition coefficient (Wildman–Crippen LogP) is 1.85. The average molecular weight is 308 g/mol. The first-order valence-electron chi connectivity index (χ1n) is 5.54. The van der Waals surface area contributed by atoms with E-state index in [2.05, 4.69) is 4.74 Å². The second-order valence-electron chi connectivity index (χ2n) is 3.81. The molecule has 1 aromatic rings. The van der Waals surface area contributed by atoms with Crippen LogP contribution in [-0.4, -0.2) is 29.1 Å². The lowest BCUT2D eigenvalue weighted by molar-refractivity contribution is -0.384. The van der Waals surface area contributed by atoms with Gasteiger partial charge < -0.3 is 4.74 Å². The number of anilines is 1. The summed E-state index contributed by atoms with van der Waals surface area (Å²) in [5.74, 6) is -1.42. The fraction of sp³-hybridized carbons (Fsp3) is 0.0833. The third-order valence-corrected chi connectivity index (χ3v) is 3.43. The summed E-state index contributed by atoms with van der Waals surface area (Å²) >= 11 is 0.595. The van der Waals surface area contributed by atoms with E-state index in [0.29, 0.717) is 11.8 Å². The van der Waals surface area contributed by atoms with Crippen LogP contribution in [0.2, 0.25) is 0 Å². The van der Waals surface area contributed by atoms with E-state index in [0.717, 1.165) is 18.1 Å². The molecule has 1 aromatic carbocycles.